The number of esters is 4. The van der Waals surface area contributed by atoms with Crippen molar-refractivity contribution in [3.8, 4) is 0 Å². The van der Waals surface area contributed by atoms with Gasteiger partial charge in [-0.2, -0.15) is 0 Å². The first kappa shape index (κ1) is 27.4. The molecule has 9 heteroatoms. The summed E-state index contributed by atoms with van der Waals surface area (Å²) in [4.78, 5) is 49.1. The van der Waals surface area contributed by atoms with Gasteiger partial charge in [0.25, 0.3) is 0 Å². The first-order valence-electron chi connectivity index (χ1n) is 11.0. The number of piperidine rings is 1. The maximum atomic E-state index is 11.9. The molecule has 1 rings (SSSR count). The Labute approximate surface area is 189 Å². The first-order valence-corrected chi connectivity index (χ1v) is 11.0. The normalized spacial score (nSPS) is 15.0. The molecule has 1 heterocycles. The maximum absolute atomic E-state index is 11.9. The van der Waals surface area contributed by atoms with Gasteiger partial charge in [0.15, 0.2) is 0 Å². The van der Waals surface area contributed by atoms with Crippen LogP contribution in [-0.4, -0.2) is 73.8 Å². The lowest BCUT2D eigenvalue weighted by atomic mass is 10.1. The van der Waals surface area contributed by atoms with Crippen LogP contribution in [0.15, 0.2) is 24.3 Å². The highest BCUT2D eigenvalue weighted by atomic mass is 16.6. The standard InChI is InChI=1S/C23H35NO8/c1-17(2)31-22(27)10-8-20(25)29-15-19(14-24-12-6-5-7-13-24)16-30-21(26)9-11-23(28)32-18(3)4/h8-11,17-19H,5-7,12-16H2,1-4H3/b10-8+,11-9+. The summed E-state index contributed by atoms with van der Waals surface area (Å²) in [6.45, 7) is 9.33. The van der Waals surface area contributed by atoms with Crippen molar-refractivity contribution in [2.75, 3.05) is 32.8 Å². The molecule has 32 heavy (non-hydrogen) atoms. The minimum absolute atomic E-state index is 0.0191. The summed E-state index contributed by atoms with van der Waals surface area (Å²) >= 11 is 0. The number of ether oxygens (including phenoxy) is 4. The summed E-state index contributed by atoms with van der Waals surface area (Å²) in [6.07, 6.45) is 6.85. The lowest BCUT2D eigenvalue weighted by Gasteiger charge is -2.30. The zero-order valence-electron chi connectivity index (χ0n) is 19.4. The molecule has 0 atom stereocenters. The van der Waals surface area contributed by atoms with E-state index in [9.17, 15) is 19.2 Å². The van der Waals surface area contributed by atoms with Gasteiger partial charge in [0.2, 0.25) is 0 Å². The number of carbonyl (C=O) groups is 4. The van der Waals surface area contributed by atoms with Crippen molar-refractivity contribution >= 4 is 23.9 Å². The minimum atomic E-state index is -0.683. The van der Waals surface area contributed by atoms with Crippen LogP contribution in [-0.2, 0) is 38.1 Å². The number of likely N-dealkylation sites (tertiary alicyclic amines) is 1. The monoisotopic (exact) mass is 453 g/mol. The topological polar surface area (TPSA) is 108 Å². The first-order chi connectivity index (χ1) is 15.2. The highest BCUT2D eigenvalue weighted by Gasteiger charge is 2.19. The Bertz CT molecular complexity index is 629. The average molecular weight is 454 g/mol. The van der Waals surface area contributed by atoms with E-state index in [1.807, 2.05) is 0 Å². The van der Waals surface area contributed by atoms with Crippen LogP contribution < -0.4 is 0 Å². The Balaban J connectivity index is 2.56. The summed E-state index contributed by atoms with van der Waals surface area (Å²) in [5.74, 6) is -2.88. The summed E-state index contributed by atoms with van der Waals surface area (Å²) in [5, 5.41) is 0. The third-order valence-electron chi connectivity index (χ3n) is 4.30. The maximum Gasteiger partial charge on any atom is 0.331 e. The van der Waals surface area contributed by atoms with E-state index in [0.717, 1.165) is 50.2 Å². The number of hydrogen-bond donors (Lipinski definition) is 0. The van der Waals surface area contributed by atoms with Crippen LogP contribution in [0.25, 0.3) is 0 Å². The fourth-order valence-corrected chi connectivity index (χ4v) is 2.97. The number of carbonyl (C=O) groups excluding carboxylic acids is 4. The van der Waals surface area contributed by atoms with Crippen LogP contribution >= 0.6 is 0 Å². The third-order valence-corrected chi connectivity index (χ3v) is 4.30. The van der Waals surface area contributed by atoms with Gasteiger partial charge in [-0.15, -0.1) is 0 Å². The summed E-state index contributed by atoms with van der Waals surface area (Å²) < 4.78 is 20.3. The summed E-state index contributed by atoms with van der Waals surface area (Å²) in [6, 6.07) is 0. The third kappa shape index (κ3) is 13.6. The molecule has 1 fully saturated rings. The molecular weight excluding hydrogens is 418 g/mol. The number of rotatable bonds is 12. The van der Waals surface area contributed by atoms with Crippen molar-refractivity contribution in [2.45, 2.75) is 59.2 Å². The molecule has 0 spiro atoms. The molecule has 0 amide bonds. The predicted octanol–water partition coefficient (Wildman–Crippen LogP) is 2.19. The molecule has 0 aliphatic carbocycles. The lowest BCUT2D eigenvalue weighted by molar-refractivity contribution is -0.146. The van der Waals surface area contributed by atoms with Crippen molar-refractivity contribution in [1.29, 1.82) is 0 Å². The quantitative estimate of drug-likeness (QED) is 0.249. The molecule has 180 valence electrons. The van der Waals surface area contributed by atoms with Crippen molar-refractivity contribution in [1.82, 2.24) is 4.90 Å². The molecule has 0 aromatic carbocycles. The molecular formula is C23H35NO8. The molecule has 0 saturated carbocycles. The largest absolute Gasteiger partial charge is 0.462 e. The van der Waals surface area contributed by atoms with Crippen molar-refractivity contribution in [3.63, 3.8) is 0 Å². The fourth-order valence-electron chi connectivity index (χ4n) is 2.97. The summed E-state index contributed by atoms with van der Waals surface area (Å²) in [7, 11) is 0. The molecule has 0 aromatic heterocycles. The van der Waals surface area contributed by atoms with Crippen molar-refractivity contribution < 1.29 is 38.1 Å². The highest BCUT2D eigenvalue weighted by Crippen LogP contribution is 2.12. The summed E-state index contributed by atoms with van der Waals surface area (Å²) in [5.41, 5.74) is 0. The van der Waals surface area contributed by atoms with Gasteiger partial charge in [-0.1, -0.05) is 6.42 Å². The zero-order valence-corrected chi connectivity index (χ0v) is 19.4. The second-order valence-electron chi connectivity index (χ2n) is 8.13. The van der Waals surface area contributed by atoms with Crippen LogP contribution in [0.1, 0.15) is 47.0 Å². The average Bonchev–Trinajstić information content (AvgIpc) is 2.72. The smallest absolute Gasteiger partial charge is 0.331 e. The van der Waals surface area contributed by atoms with Gasteiger partial charge in [-0.25, -0.2) is 19.2 Å². The van der Waals surface area contributed by atoms with Gasteiger partial charge in [-0.3, -0.25) is 0 Å². The van der Waals surface area contributed by atoms with E-state index in [0.29, 0.717) is 6.54 Å². The van der Waals surface area contributed by atoms with E-state index in [2.05, 4.69) is 4.90 Å². The molecule has 1 aliphatic heterocycles. The second-order valence-corrected chi connectivity index (χ2v) is 8.13. The van der Waals surface area contributed by atoms with Crippen LogP contribution in [0.4, 0.5) is 0 Å². The van der Waals surface area contributed by atoms with Crippen LogP contribution in [0.5, 0.6) is 0 Å². The number of nitrogens with zero attached hydrogens (tertiary/aromatic N) is 1. The van der Waals surface area contributed by atoms with E-state index < -0.39 is 23.9 Å². The molecule has 1 aliphatic rings. The van der Waals surface area contributed by atoms with Crippen LogP contribution in [0.3, 0.4) is 0 Å². The van der Waals surface area contributed by atoms with Gasteiger partial charge in [0, 0.05) is 36.8 Å². The Hall–Kier alpha value is -2.68. The van der Waals surface area contributed by atoms with Gasteiger partial charge in [0.05, 0.1) is 25.4 Å². The predicted molar refractivity (Wildman–Crippen MR) is 116 cm³/mol. The van der Waals surface area contributed by atoms with Gasteiger partial charge >= 0.3 is 23.9 Å². The van der Waals surface area contributed by atoms with Gasteiger partial charge in [-0.05, 0) is 53.6 Å². The van der Waals surface area contributed by atoms with Gasteiger partial charge in [0.1, 0.15) is 0 Å². The zero-order chi connectivity index (χ0) is 23.9. The van der Waals surface area contributed by atoms with E-state index in [-0.39, 0.29) is 31.3 Å². The van der Waals surface area contributed by atoms with Crippen LogP contribution in [0.2, 0.25) is 0 Å². The molecule has 0 unspecified atom stereocenters. The van der Waals surface area contributed by atoms with E-state index in [1.54, 1.807) is 27.7 Å². The van der Waals surface area contributed by atoms with Crippen LogP contribution in [0, 0.1) is 5.92 Å². The van der Waals surface area contributed by atoms with E-state index in [4.69, 9.17) is 18.9 Å². The number of hydrogen-bond acceptors (Lipinski definition) is 9. The SMILES string of the molecule is CC(C)OC(=O)/C=C/C(=O)OCC(COC(=O)/C=C/C(=O)OC(C)C)CN1CCCCC1. The Morgan fingerprint density at radius 2 is 1.09 bits per heavy atom. The van der Waals surface area contributed by atoms with Gasteiger partial charge < -0.3 is 23.8 Å². The van der Waals surface area contributed by atoms with E-state index in [1.165, 1.54) is 6.42 Å². The highest BCUT2D eigenvalue weighted by molar-refractivity contribution is 5.92. The molecule has 0 N–H and O–H groups in total. The molecule has 1 saturated heterocycles. The minimum Gasteiger partial charge on any atom is -0.462 e. The second kappa shape index (κ2) is 15.2. The molecule has 9 nitrogen and oxygen atoms in total. The molecule has 0 bridgehead atoms. The molecule has 0 radical (unpaired) electrons. The Morgan fingerprint density at radius 3 is 1.50 bits per heavy atom. The fraction of sp³-hybridized carbons (Fsp3) is 0.652. The Kier molecular flexibility index (Phi) is 13.0. The van der Waals surface area contributed by atoms with E-state index >= 15 is 0 Å². The lowest BCUT2D eigenvalue weighted by Crippen LogP contribution is -2.37. The Morgan fingerprint density at radius 1 is 0.688 bits per heavy atom. The van der Waals surface area contributed by atoms with Crippen molar-refractivity contribution in [2.24, 2.45) is 5.92 Å². The van der Waals surface area contributed by atoms with Crippen molar-refractivity contribution in [3.05, 3.63) is 24.3 Å². The molecule has 0 aromatic rings.